The molecule has 0 bridgehead atoms. The van der Waals surface area contributed by atoms with Crippen LogP contribution in [0.4, 0.5) is 4.39 Å². The van der Waals surface area contributed by atoms with Gasteiger partial charge in [-0.25, -0.2) is 4.39 Å². The molecule has 1 heterocycles. The maximum Gasteiger partial charge on any atom is 0.247 e. The van der Waals surface area contributed by atoms with Gasteiger partial charge in [0.2, 0.25) is 11.8 Å². The van der Waals surface area contributed by atoms with Gasteiger partial charge in [-0.05, 0) is 31.5 Å². The van der Waals surface area contributed by atoms with E-state index >= 15 is 0 Å². The summed E-state index contributed by atoms with van der Waals surface area (Å²) in [6, 6.07) is 5.55. The van der Waals surface area contributed by atoms with Crippen molar-refractivity contribution >= 4 is 11.8 Å². The number of hydrogen-bond acceptors (Lipinski definition) is 3. The molecule has 1 saturated heterocycles. The molecule has 1 aromatic rings. The zero-order chi connectivity index (χ0) is 14.0. The van der Waals surface area contributed by atoms with Crippen LogP contribution in [0.3, 0.4) is 0 Å². The Morgan fingerprint density at radius 1 is 1.42 bits per heavy atom. The number of halogens is 1. The van der Waals surface area contributed by atoms with Gasteiger partial charge in [-0.1, -0.05) is 12.1 Å². The molecular formula is C14H17FN2O2. The molecule has 1 atom stereocenters. The standard InChI is InChI=1S/C14H17FN2O2/c1-9(2)17-13(18)7-12(14(17)19)16-8-10-4-3-5-11(15)6-10/h3-6,9,12,16H,7-8H2,1-2H3. The first-order valence-corrected chi connectivity index (χ1v) is 6.32. The first kappa shape index (κ1) is 13.7. The molecule has 0 saturated carbocycles. The zero-order valence-electron chi connectivity index (χ0n) is 11.0. The van der Waals surface area contributed by atoms with E-state index in [9.17, 15) is 14.0 Å². The number of nitrogens with zero attached hydrogens (tertiary/aromatic N) is 1. The molecule has 4 nitrogen and oxygen atoms in total. The summed E-state index contributed by atoms with van der Waals surface area (Å²) in [5.74, 6) is -0.662. The molecule has 0 aromatic heterocycles. The van der Waals surface area contributed by atoms with E-state index in [0.717, 1.165) is 5.56 Å². The fraction of sp³-hybridized carbons (Fsp3) is 0.429. The summed E-state index contributed by atoms with van der Waals surface area (Å²) in [5.41, 5.74) is 0.753. The van der Waals surface area contributed by atoms with Crippen LogP contribution in [0.5, 0.6) is 0 Å². The maximum atomic E-state index is 13.0. The molecule has 1 aliphatic heterocycles. The lowest BCUT2D eigenvalue weighted by Crippen LogP contribution is -2.41. The Kier molecular flexibility index (Phi) is 3.95. The number of benzene rings is 1. The summed E-state index contributed by atoms with van der Waals surface area (Å²) in [5, 5.41) is 3.01. The Bertz CT molecular complexity index is 502. The van der Waals surface area contributed by atoms with E-state index in [1.807, 2.05) is 13.8 Å². The molecule has 1 unspecified atom stereocenters. The molecule has 2 amide bonds. The van der Waals surface area contributed by atoms with Crippen LogP contribution < -0.4 is 5.32 Å². The number of nitrogens with one attached hydrogen (secondary N) is 1. The number of carbonyl (C=O) groups is 2. The second kappa shape index (κ2) is 5.48. The Hall–Kier alpha value is -1.75. The number of hydrogen-bond donors (Lipinski definition) is 1. The highest BCUT2D eigenvalue weighted by molar-refractivity contribution is 6.05. The topological polar surface area (TPSA) is 49.4 Å². The predicted octanol–water partition coefficient (Wildman–Crippen LogP) is 1.45. The molecule has 0 spiro atoms. The van der Waals surface area contributed by atoms with E-state index < -0.39 is 6.04 Å². The van der Waals surface area contributed by atoms with Gasteiger partial charge in [0.15, 0.2) is 0 Å². The fourth-order valence-electron chi connectivity index (χ4n) is 2.24. The Morgan fingerprint density at radius 2 is 2.16 bits per heavy atom. The van der Waals surface area contributed by atoms with Gasteiger partial charge in [0.25, 0.3) is 0 Å². The smallest absolute Gasteiger partial charge is 0.247 e. The molecular weight excluding hydrogens is 247 g/mol. The van der Waals surface area contributed by atoms with Crippen LogP contribution >= 0.6 is 0 Å². The van der Waals surface area contributed by atoms with Gasteiger partial charge in [0.05, 0.1) is 12.5 Å². The molecule has 0 aliphatic carbocycles. The minimum atomic E-state index is -0.502. The average molecular weight is 264 g/mol. The number of carbonyl (C=O) groups excluding carboxylic acids is 2. The summed E-state index contributed by atoms with van der Waals surface area (Å²) in [4.78, 5) is 25.0. The van der Waals surface area contributed by atoms with Crippen molar-refractivity contribution in [3.8, 4) is 0 Å². The molecule has 0 radical (unpaired) electrons. The summed E-state index contributed by atoms with van der Waals surface area (Å²) in [6.07, 6.45) is 0.173. The van der Waals surface area contributed by atoms with Crippen LogP contribution in [0.1, 0.15) is 25.8 Å². The van der Waals surface area contributed by atoms with E-state index in [2.05, 4.69) is 5.32 Å². The molecule has 1 fully saturated rings. The number of imide groups is 1. The molecule has 102 valence electrons. The van der Waals surface area contributed by atoms with Crippen LogP contribution in [0, 0.1) is 5.82 Å². The highest BCUT2D eigenvalue weighted by atomic mass is 19.1. The van der Waals surface area contributed by atoms with E-state index in [4.69, 9.17) is 0 Å². The van der Waals surface area contributed by atoms with Crippen molar-refractivity contribution in [1.82, 2.24) is 10.2 Å². The van der Waals surface area contributed by atoms with Crippen molar-refractivity contribution < 1.29 is 14.0 Å². The van der Waals surface area contributed by atoms with E-state index in [-0.39, 0.29) is 30.1 Å². The van der Waals surface area contributed by atoms with Gasteiger partial charge in [0, 0.05) is 12.6 Å². The maximum absolute atomic E-state index is 13.0. The summed E-state index contributed by atoms with van der Waals surface area (Å²) < 4.78 is 13.0. The van der Waals surface area contributed by atoms with Crippen LogP contribution in [-0.2, 0) is 16.1 Å². The van der Waals surface area contributed by atoms with Gasteiger partial charge in [0.1, 0.15) is 5.82 Å². The molecule has 1 aliphatic rings. The van der Waals surface area contributed by atoms with Crippen LogP contribution in [-0.4, -0.2) is 28.8 Å². The normalized spacial score (nSPS) is 19.6. The van der Waals surface area contributed by atoms with Crippen molar-refractivity contribution in [3.63, 3.8) is 0 Å². The average Bonchev–Trinajstić information content (AvgIpc) is 2.62. The first-order valence-electron chi connectivity index (χ1n) is 6.32. The van der Waals surface area contributed by atoms with Crippen molar-refractivity contribution in [2.24, 2.45) is 0 Å². The predicted molar refractivity (Wildman–Crippen MR) is 68.6 cm³/mol. The Morgan fingerprint density at radius 3 is 2.74 bits per heavy atom. The van der Waals surface area contributed by atoms with E-state index in [1.165, 1.54) is 17.0 Å². The summed E-state index contributed by atoms with van der Waals surface area (Å²) in [7, 11) is 0. The van der Waals surface area contributed by atoms with Crippen LogP contribution in [0.25, 0.3) is 0 Å². The lowest BCUT2D eigenvalue weighted by molar-refractivity contribution is -0.140. The third kappa shape index (κ3) is 2.98. The second-order valence-electron chi connectivity index (χ2n) is 4.96. The van der Waals surface area contributed by atoms with Gasteiger partial charge < -0.3 is 5.32 Å². The summed E-state index contributed by atoms with van der Waals surface area (Å²) in [6.45, 7) is 3.99. The highest BCUT2D eigenvalue weighted by Crippen LogP contribution is 2.16. The third-order valence-corrected chi connectivity index (χ3v) is 3.14. The van der Waals surface area contributed by atoms with Crippen LogP contribution in [0.15, 0.2) is 24.3 Å². The summed E-state index contributed by atoms with van der Waals surface area (Å²) >= 11 is 0. The highest BCUT2D eigenvalue weighted by Gasteiger charge is 2.39. The van der Waals surface area contributed by atoms with Gasteiger partial charge >= 0.3 is 0 Å². The van der Waals surface area contributed by atoms with Crippen molar-refractivity contribution in [1.29, 1.82) is 0 Å². The largest absolute Gasteiger partial charge is 0.301 e. The van der Waals surface area contributed by atoms with Crippen LogP contribution in [0.2, 0.25) is 0 Å². The lowest BCUT2D eigenvalue weighted by Gasteiger charge is -2.19. The minimum Gasteiger partial charge on any atom is -0.301 e. The molecule has 1 aromatic carbocycles. The number of amides is 2. The second-order valence-corrected chi connectivity index (χ2v) is 4.96. The van der Waals surface area contributed by atoms with Gasteiger partial charge in [-0.3, -0.25) is 14.5 Å². The van der Waals surface area contributed by atoms with Crippen molar-refractivity contribution in [2.75, 3.05) is 0 Å². The van der Waals surface area contributed by atoms with Crippen molar-refractivity contribution in [3.05, 3.63) is 35.6 Å². The molecule has 2 rings (SSSR count). The van der Waals surface area contributed by atoms with Crippen molar-refractivity contribution in [2.45, 2.75) is 38.9 Å². The quantitative estimate of drug-likeness (QED) is 0.837. The Balaban J connectivity index is 1.98. The number of rotatable bonds is 4. The SMILES string of the molecule is CC(C)N1C(=O)CC(NCc2cccc(F)c2)C1=O. The van der Waals surface area contributed by atoms with E-state index in [0.29, 0.717) is 6.54 Å². The number of likely N-dealkylation sites (tertiary alicyclic amines) is 1. The van der Waals surface area contributed by atoms with Gasteiger partial charge in [-0.2, -0.15) is 0 Å². The monoisotopic (exact) mass is 264 g/mol. The third-order valence-electron chi connectivity index (χ3n) is 3.14. The first-order chi connectivity index (χ1) is 8.99. The molecule has 1 N–H and O–H groups in total. The van der Waals surface area contributed by atoms with E-state index in [1.54, 1.807) is 12.1 Å². The van der Waals surface area contributed by atoms with Gasteiger partial charge in [-0.15, -0.1) is 0 Å². The zero-order valence-corrected chi connectivity index (χ0v) is 11.0. The molecule has 19 heavy (non-hydrogen) atoms. The Labute approximate surface area is 111 Å². The lowest BCUT2D eigenvalue weighted by atomic mass is 10.2. The molecule has 5 heteroatoms. The fourth-order valence-corrected chi connectivity index (χ4v) is 2.24. The minimum absolute atomic E-state index is 0.124.